The van der Waals surface area contributed by atoms with Crippen LogP contribution < -0.4 is 16.0 Å². The average Bonchev–Trinajstić information content (AvgIpc) is 3.35. The number of carbonyl (C=O) groups excluding carboxylic acids is 4. The molecule has 2 aliphatic heterocycles. The van der Waals surface area contributed by atoms with E-state index in [0.29, 0.717) is 16.8 Å². The molecule has 0 spiro atoms. The van der Waals surface area contributed by atoms with E-state index in [1.807, 2.05) is 6.07 Å². The minimum Gasteiger partial charge on any atom is -0.479 e. The SMILES string of the molecule is C=C[C@@H]1C[C@]1(NC(=O)[C@@H]1C[C@@H](N2Cc3cccc(-c4ccccc4F)c3NC2=O)CN1C(=O)[C@@H](NC(=O)OC1CCCC1)C(C)(C)C)C(=O)O. The Kier molecular flexibility index (Phi) is 9.36. The van der Waals surface area contributed by atoms with Crippen LogP contribution in [0.1, 0.15) is 64.9 Å². The third kappa shape index (κ3) is 6.65. The van der Waals surface area contributed by atoms with E-state index >= 15 is 0 Å². The molecule has 0 aromatic heterocycles. The summed E-state index contributed by atoms with van der Waals surface area (Å²) in [4.78, 5) is 70.3. The Hall–Kier alpha value is -4.94. The van der Waals surface area contributed by atoms with Gasteiger partial charge in [-0.25, -0.2) is 18.8 Å². The van der Waals surface area contributed by atoms with Crippen molar-refractivity contribution >= 4 is 35.6 Å². The number of amides is 5. The van der Waals surface area contributed by atoms with Gasteiger partial charge in [-0.2, -0.15) is 0 Å². The third-order valence-electron chi connectivity index (χ3n) is 10.4. The number of likely N-dealkylation sites (tertiary alicyclic amines) is 1. The van der Waals surface area contributed by atoms with Crippen molar-refractivity contribution in [2.75, 3.05) is 11.9 Å². The molecule has 0 unspecified atom stereocenters. The predicted molar refractivity (Wildman–Crippen MR) is 182 cm³/mol. The molecule has 2 heterocycles. The van der Waals surface area contributed by atoms with Gasteiger partial charge in [0, 0.05) is 30.1 Å². The van der Waals surface area contributed by atoms with Crippen molar-refractivity contribution in [3.8, 4) is 11.1 Å². The lowest BCUT2D eigenvalue weighted by molar-refractivity contribution is -0.146. The molecule has 1 saturated heterocycles. The van der Waals surface area contributed by atoms with Crippen LogP contribution in [0.25, 0.3) is 11.1 Å². The van der Waals surface area contributed by atoms with E-state index in [9.17, 15) is 33.5 Å². The van der Waals surface area contributed by atoms with Crippen LogP contribution in [0.2, 0.25) is 0 Å². The monoisotopic (exact) mass is 689 g/mol. The number of hydrogen-bond acceptors (Lipinski definition) is 6. The number of carboxylic acid groups (broad SMARTS) is 1. The fraction of sp³-hybridized carbons (Fsp3) is 0.486. The first kappa shape index (κ1) is 34.9. The zero-order chi connectivity index (χ0) is 36.0. The lowest BCUT2D eigenvalue weighted by atomic mass is 9.85. The topological polar surface area (TPSA) is 157 Å². The Morgan fingerprint density at radius 1 is 1.10 bits per heavy atom. The number of alkyl carbamates (subject to hydrolysis) is 1. The summed E-state index contributed by atoms with van der Waals surface area (Å²) >= 11 is 0. The second-order valence-electron chi connectivity index (χ2n) is 14.8. The number of carboxylic acids is 1. The molecule has 2 aliphatic carbocycles. The zero-order valence-electron chi connectivity index (χ0n) is 28.5. The zero-order valence-corrected chi connectivity index (χ0v) is 28.5. The van der Waals surface area contributed by atoms with Crippen molar-refractivity contribution in [2.45, 2.75) is 95.6 Å². The van der Waals surface area contributed by atoms with Gasteiger partial charge >= 0.3 is 18.1 Å². The number of anilines is 1. The molecule has 4 N–H and O–H groups in total. The number of urea groups is 1. The number of fused-ring (bicyclic) bond motifs is 1. The minimum absolute atomic E-state index is 0.0190. The molecule has 50 heavy (non-hydrogen) atoms. The van der Waals surface area contributed by atoms with Gasteiger partial charge in [-0.3, -0.25) is 9.59 Å². The Morgan fingerprint density at radius 3 is 2.44 bits per heavy atom. The van der Waals surface area contributed by atoms with Crippen LogP contribution in [0.4, 0.5) is 19.7 Å². The van der Waals surface area contributed by atoms with Crippen LogP contribution >= 0.6 is 0 Å². The van der Waals surface area contributed by atoms with Crippen LogP contribution in [-0.4, -0.2) is 81.1 Å². The molecule has 2 aromatic rings. The van der Waals surface area contributed by atoms with E-state index in [2.05, 4.69) is 22.5 Å². The summed E-state index contributed by atoms with van der Waals surface area (Å²) in [5, 5.41) is 18.3. The molecule has 2 saturated carbocycles. The van der Waals surface area contributed by atoms with Crippen LogP contribution in [0.15, 0.2) is 55.1 Å². The Balaban J connectivity index is 1.28. The highest BCUT2D eigenvalue weighted by Crippen LogP contribution is 2.45. The number of halogens is 1. The maximum Gasteiger partial charge on any atom is 0.408 e. The number of nitrogens with zero attached hydrogens (tertiary/aromatic N) is 2. The number of para-hydroxylation sites is 1. The highest BCUT2D eigenvalue weighted by Gasteiger charge is 2.61. The molecular weight excluding hydrogens is 645 g/mol. The minimum atomic E-state index is -1.54. The summed E-state index contributed by atoms with van der Waals surface area (Å²) in [7, 11) is 0. The number of hydrogen-bond donors (Lipinski definition) is 4. The van der Waals surface area contributed by atoms with Crippen LogP contribution in [-0.2, 0) is 25.7 Å². The largest absolute Gasteiger partial charge is 0.479 e. The summed E-state index contributed by atoms with van der Waals surface area (Å²) in [5.74, 6) is -3.34. The predicted octanol–water partition coefficient (Wildman–Crippen LogP) is 5.04. The van der Waals surface area contributed by atoms with Crippen molar-refractivity contribution in [3.63, 3.8) is 0 Å². The van der Waals surface area contributed by atoms with E-state index in [0.717, 1.165) is 31.2 Å². The number of carbonyl (C=O) groups is 5. The summed E-state index contributed by atoms with van der Waals surface area (Å²) in [5.41, 5.74) is -0.283. The lowest BCUT2D eigenvalue weighted by Gasteiger charge is -2.36. The average molecular weight is 690 g/mol. The highest BCUT2D eigenvalue weighted by atomic mass is 19.1. The van der Waals surface area contributed by atoms with Crippen molar-refractivity contribution in [1.82, 2.24) is 20.4 Å². The first-order chi connectivity index (χ1) is 23.7. The highest BCUT2D eigenvalue weighted by molar-refractivity contribution is 5.99. The van der Waals surface area contributed by atoms with Crippen LogP contribution in [0.3, 0.4) is 0 Å². The number of rotatable bonds is 9. The lowest BCUT2D eigenvalue weighted by Crippen LogP contribution is -2.59. The molecule has 12 nitrogen and oxygen atoms in total. The summed E-state index contributed by atoms with van der Waals surface area (Å²) in [6.07, 6.45) is 4.11. The van der Waals surface area contributed by atoms with Crippen molar-refractivity contribution in [2.24, 2.45) is 11.3 Å². The van der Waals surface area contributed by atoms with E-state index in [-0.39, 0.29) is 32.0 Å². The molecule has 4 aliphatic rings. The molecule has 266 valence electrons. The second-order valence-corrected chi connectivity index (χ2v) is 14.8. The molecule has 6 rings (SSSR count). The number of nitrogens with one attached hydrogen (secondary N) is 3. The molecule has 0 radical (unpaired) electrons. The number of ether oxygens (including phenoxy) is 1. The van der Waals surface area contributed by atoms with Crippen molar-refractivity contribution < 1.29 is 38.2 Å². The van der Waals surface area contributed by atoms with Gasteiger partial charge in [0.1, 0.15) is 29.5 Å². The first-order valence-corrected chi connectivity index (χ1v) is 17.1. The second kappa shape index (κ2) is 13.4. The molecular formula is C37H44FN5O7. The van der Waals surface area contributed by atoms with Crippen molar-refractivity contribution in [1.29, 1.82) is 0 Å². The van der Waals surface area contributed by atoms with Gasteiger partial charge in [-0.15, -0.1) is 6.58 Å². The Labute approximate surface area is 290 Å². The van der Waals surface area contributed by atoms with Crippen molar-refractivity contribution in [3.05, 3.63) is 66.5 Å². The molecule has 3 fully saturated rings. The maximum absolute atomic E-state index is 14.8. The van der Waals surface area contributed by atoms with Gasteiger partial charge in [0.2, 0.25) is 11.8 Å². The molecule has 13 heteroatoms. The molecule has 5 amide bonds. The van der Waals surface area contributed by atoms with Gasteiger partial charge in [-0.1, -0.05) is 63.2 Å². The van der Waals surface area contributed by atoms with Gasteiger partial charge < -0.3 is 35.6 Å². The van der Waals surface area contributed by atoms with Gasteiger partial charge in [0.15, 0.2) is 0 Å². The Bertz CT molecular complexity index is 1720. The summed E-state index contributed by atoms with van der Waals surface area (Å²) < 4.78 is 20.4. The summed E-state index contributed by atoms with van der Waals surface area (Å²) in [6.45, 7) is 9.12. The quantitative estimate of drug-likeness (QED) is 0.269. The fourth-order valence-corrected chi connectivity index (χ4v) is 7.49. The van der Waals surface area contributed by atoms with Gasteiger partial charge in [-0.05, 0) is 55.6 Å². The fourth-order valence-electron chi connectivity index (χ4n) is 7.49. The van der Waals surface area contributed by atoms with Crippen LogP contribution in [0, 0.1) is 17.2 Å². The number of benzene rings is 2. The standard InChI is InChI=1S/C37H44FN5O7/c1-5-22-18-37(22,33(46)47)41-31(44)28-17-23(20-43(28)32(45)30(36(2,3)4)40-35(49)50-24-12-6-7-13-24)42-19-21-11-10-15-26(29(21)39-34(42)48)25-14-8-9-16-27(25)38/h5,8-11,14-16,22-24,28,30H,1,6-7,12-13,17-20H2,2-4H3,(H,39,48)(H,40,49)(H,41,44)(H,46,47)/t22-,23-,28+,30-,37-/m1/s1. The molecule has 5 atom stereocenters. The first-order valence-electron chi connectivity index (χ1n) is 17.1. The van der Waals surface area contributed by atoms with Gasteiger partial charge in [0.25, 0.3) is 0 Å². The summed E-state index contributed by atoms with van der Waals surface area (Å²) in [6, 6.07) is 8.24. The Morgan fingerprint density at radius 2 is 1.80 bits per heavy atom. The van der Waals surface area contributed by atoms with E-state index < -0.39 is 70.7 Å². The maximum atomic E-state index is 14.8. The van der Waals surface area contributed by atoms with Gasteiger partial charge in [0.05, 0.1) is 11.7 Å². The third-order valence-corrected chi connectivity index (χ3v) is 10.4. The molecule has 2 aromatic carbocycles. The smallest absolute Gasteiger partial charge is 0.408 e. The van der Waals surface area contributed by atoms with E-state index in [1.165, 1.54) is 21.9 Å². The van der Waals surface area contributed by atoms with E-state index in [4.69, 9.17) is 4.74 Å². The molecule has 0 bridgehead atoms. The van der Waals surface area contributed by atoms with E-state index in [1.54, 1.807) is 51.1 Å². The normalized spacial score (nSPS) is 25.3. The van der Waals surface area contributed by atoms with Crippen LogP contribution in [0.5, 0.6) is 0 Å². The number of aliphatic carboxylic acids is 1.